The quantitative estimate of drug-likeness (QED) is 0.922. The molecule has 2 rings (SSSR count). The molecule has 0 fully saturated rings. The number of nitrogens with zero attached hydrogens (tertiary/aromatic N) is 1. The van der Waals surface area contributed by atoms with Crippen molar-refractivity contribution in [1.82, 2.24) is 0 Å². The van der Waals surface area contributed by atoms with Crippen LogP contribution in [0.1, 0.15) is 34.6 Å². The average molecular weight is 284 g/mol. The van der Waals surface area contributed by atoms with Gasteiger partial charge in [-0.3, -0.25) is 4.79 Å². The highest BCUT2D eigenvalue weighted by molar-refractivity contribution is 7.12. The van der Waals surface area contributed by atoms with Crippen LogP contribution in [0, 0.1) is 18.3 Å². The third-order valence-electron chi connectivity index (χ3n) is 3.21. The van der Waals surface area contributed by atoms with Crippen LogP contribution in [0.5, 0.6) is 0 Å². The molecule has 4 heteroatoms. The number of thiophene rings is 1. The van der Waals surface area contributed by atoms with E-state index in [4.69, 9.17) is 5.26 Å². The van der Waals surface area contributed by atoms with Gasteiger partial charge in [-0.25, -0.2) is 0 Å². The van der Waals surface area contributed by atoms with E-state index >= 15 is 0 Å². The van der Waals surface area contributed by atoms with Crippen LogP contribution < -0.4 is 5.32 Å². The highest BCUT2D eigenvalue weighted by Gasteiger charge is 2.19. The number of hydrogen-bond acceptors (Lipinski definition) is 3. The second kappa shape index (κ2) is 5.48. The number of anilines is 1. The summed E-state index contributed by atoms with van der Waals surface area (Å²) in [7, 11) is 0. The third-order valence-corrected chi connectivity index (χ3v) is 4.23. The van der Waals surface area contributed by atoms with E-state index in [-0.39, 0.29) is 5.91 Å². The maximum atomic E-state index is 12.1. The second-order valence-electron chi connectivity index (χ2n) is 5.20. The topological polar surface area (TPSA) is 52.9 Å². The normalized spacial score (nSPS) is 10.9. The lowest BCUT2D eigenvalue weighted by Crippen LogP contribution is -2.14. The molecule has 0 aliphatic rings. The zero-order chi connectivity index (χ0) is 14.8. The van der Waals surface area contributed by atoms with Gasteiger partial charge >= 0.3 is 0 Å². The SMILES string of the molecule is Cc1ccsc1C(=O)Nc1ccc(C(C)(C)C#N)cc1. The molecule has 1 heterocycles. The zero-order valence-corrected chi connectivity index (χ0v) is 12.5. The van der Waals surface area contributed by atoms with Crippen LogP contribution in [-0.2, 0) is 5.41 Å². The molecule has 0 bridgehead atoms. The Kier molecular flexibility index (Phi) is 3.91. The van der Waals surface area contributed by atoms with Gasteiger partial charge in [0, 0.05) is 5.69 Å². The van der Waals surface area contributed by atoms with Crippen LogP contribution in [0.4, 0.5) is 5.69 Å². The minimum Gasteiger partial charge on any atom is -0.321 e. The van der Waals surface area contributed by atoms with Crippen LogP contribution in [-0.4, -0.2) is 5.91 Å². The highest BCUT2D eigenvalue weighted by atomic mass is 32.1. The maximum absolute atomic E-state index is 12.1. The Morgan fingerprint density at radius 3 is 2.40 bits per heavy atom. The van der Waals surface area contributed by atoms with Crippen molar-refractivity contribution in [1.29, 1.82) is 5.26 Å². The number of benzene rings is 1. The van der Waals surface area contributed by atoms with Gasteiger partial charge in [0.05, 0.1) is 16.4 Å². The predicted molar refractivity (Wildman–Crippen MR) is 82.1 cm³/mol. The zero-order valence-electron chi connectivity index (χ0n) is 11.7. The van der Waals surface area contributed by atoms with Crippen molar-refractivity contribution in [3.05, 3.63) is 51.7 Å². The standard InChI is InChI=1S/C16H16N2OS/c1-11-8-9-20-14(11)15(19)18-13-6-4-12(5-7-13)16(2,3)10-17/h4-9H,1-3H3,(H,18,19). The monoisotopic (exact) mass is 284 g/mol. The molecule has 1 N–H and O–H groups in total. The molecule has 0 aliphatic heterocycles. The van der Waals surface area contributed by atoms with E-state index in [9.17, 15) is 4.79 Å². The van der Waals surface area contributed by atoms with Crippen LogP contribution in [0.15, 0.2) is 35.7 Å². The van der Waals surface area contributed by atoms with Crippen LogP contribution in [0.3, 0.4) is 0 Å². The fraction of sp³-hybridized carbons (Fsp3) is 0.250. The molecular weight excluding hydrogens is 268 g/mol. The number of amides is 1. The molecule has 0 atom stereocenters. The van der Waals surface area contributed by atoms with E-state index < -0.39 is 5.41 Å². The predicted octanol–water partition coefficient (Wildman–Crippen LogP) is 4.11. The van der Waals surface area contributed by atoms with Crippen molar-refractivity contribution in [2.24, 2.45) is 0 Å². The van der Waals surface area contributed by atoms with Crippen LogP contribution in [0.25, 0.3) is 0 Å². The van der Waals surface area contributed by atoms with Crippen molar-refractivity contribution in [3.8, 4) is 6.07 Å². The van der Waals surface area contributed by atoms with Crippen molar-refractivity contribution in [3.63, 3.8) is 0 Å². The molecule has 0 saturated heterocycles. The van der Waals surface area contributed by atoms with E-state index in [1.807, 2.05) is 56.5 Å². The summed E-state index contributed by atoms with van der Waals surface area (Å²) in [5, 5.41) is 13.9. The van der Waals surface area contributed by atoms with Crippen molar-refractivity contribution in [2.75, 3.05) is 5.32 Å². The molecule has 20 heavy (non-hydrogen) atoms. The summed E-state index contributed by atoms with van der Waals surface area (Å²) in [6.45, 7) is 5.66. The summed E-state index contributed by atoms with van der Waals surface area (Å²) in [6, 6.07) is 11.6. The first-order valence-electron chi connectivity index (χ1n) is 6.31. The summed E-state index contributed by atoms with van der Waals surface area (Å²) in [6.07, 6.45) is 0. The van der Waals surface area contributed by atoms with E-state index in [0.717, 1.165) is 21.7 Å². The van der Waals surface area contributed by atoms with Crippen molar-refractivity contribution in [2.45, 2.75) is 26.2 Å². The van der Waals surface area contributed by atoms with Crippen molar-refractivity contribution < 1.29 is 4.79 Å². The van der Waals surface area contributed by atoms with Gasteiger partial charge in [0.15, 0.2) is 0 Å². The molecule has 0 unspecified atom stereocenters. The van der Waals surface area contributed by atoms with Gasteiger partial charge in [-0.1, -0.05) is 12.1 Å². The Hall–Kier alpha value is -2.12. The third kappa shape index (κ3) is 2.89. The molecule has 1 aromatic heterocycles. The lowest BCUT2D eigenvalue weighted by molar-refractivity contribution is 0.103. The Morgan fingerprint density at radius 1 is 1.25 bits per heavy atom. The van der Waals surface area contributed by atoms with Gasteiger partial charge in [0.25, 0.3) is 5.91 Å². The van der Waals surface area contributed by atoms with Gasteiger partial charge in [-0.05, 0) is 55.5 Å². The van der Waals surface area contributed by atoms with Crippen LogP contribution in [0.2, 0.25) is 0 Å². The maximum Gasteiger partial charge on any atom is 0.265 e. The van der Waals surface area contributed by atoms with Gasteiger partial charge in [0.1, 0.15) is 0 Å². The first kappa shape index (κ1) is 14.3. The molecule has 0 spiro atoms. The minimum absolute atomic E-state index is 0.0928. The number of aryl methyl sites for hydroxylation is 1. The average Bonchev–Trinajstić information content (AvgIpc) is 2.85. The van der Waals surface area contributed by atoms with Gasteiger partial charge in [-0.2, -0.15) is 5.26 Å². The highest BCUT2D eigenvalue weighted by Crippen LogP contribution is 2.24. The van der Waals surface area contributed by atoms with Crippen LogP contribution >= 0.6 is 11.3 Å². The molecule has 0 aliphatic carbocycles. The number of nitrogens with one attached hydrogen (secondary N) is 1. The van der Waals surface area contributed by atoms with Gasteiger partial charge < -0.3 is 5.32 Å². The largest absolute Gasteiger partial charge is 0.321 e. The molecular formula is C16H16N2OS. The lowest BCUT2D eigenvalue weighted by Gasteiger charge is -2.16. The Balaban J connectivity index is 2.15. The van der Waals surface area contributed by atoms with E-state index in [2.05, 4.69) is 11.4 Å². The Morgan fingerprint density at radius 2 is 1.90 bits per heavy atom. The summed E-state index contributed by atoms with van der Waals surface area (Å²) in [5.41, 5.74) is 2.13. The number of carbonyl (C=O) groups excluding carboxylic acids is 1. The summed E-state index contributed by atoms with van der Waals surface area (Å²) < 4.78 is 0. The summed E-state index contributed by atoms with van der Waals surface area (Å²) in [4.78, 5) is 12.8. The molecule has 1 aromatic carbocycles. The fourth-order valence-electron chi connectivity index (χ4n) is 1.83. The van der Waals surface area contributed by atoms with Gasteiger partial charge in [-0.15, -0.1) is 11.3 Å². The molecule has 0 radical (unpaired) electrons. The Labute approximate surface area is 122 Å². The molecule has 1 amide bonds. The second-order valence-corrected chi connectivity index (χ2v) is 6.12. The first-order chi connectivity index (χ1) is 9.44. The number of hydrogen-bond donors (Lipinski definition) is 1. The molecule has 3 nitrogen and oxygen atoms in total. The van der Waals surface area contributed by atoms with Gasteiger partial charge in [0.2, 0.25) is 0 Å². The minimum atomic E-state index is -0.521. The number of rotatable bonds is 3. The summed E-state index contributed by atoms with van der Waals surface area (Å²) >= 11 is 1.43. The molecule has 102 valence electrons. The van der Waals surface area contributed by atoms with E-state index in [1.54, 1.807) is 0 Å². The number of carbonyl (C=O) groups is 1. The molecule has 2 aromatic rings. The fourth-order valence-corrected chi connectivity index (χ4v) is 2.65. The molecule has 0 saturated carbocycles. The van der Waals surface area contributed by atoms with E-state index in [1.165, 1.54) is 11.3 Å². The Bertz CT molecular complexity index is 663. The lowest BCUT2D eigenvalue weighted by atomic mass is 9.86. The smallest absolute Gasteiger partial charge is 0.265 e. The van der Waals surface area contributed by atoms with Crippen molar-refractivity contribution >= 4 is 22.9 Å². The van der Waals surface area contributed by atoms with E-state index in [0.29, 0.717) is 0 Å². The number of nitriles is 1. The first-order valence-corrected chi connectivity index (χ1v) is 7.19. The summed E-state index contributed by atoms with van der Waals surface area (Å²) in [5.74, 6) is -0.0928.